The molecular formula is C20H21F3N2O3S. The van der Waals surface area contributed by atoms with E-state index >= 15 is 0 Å². The van der Waals surface area contributed by atoms with Crippen LogP contribution < -0.4 is 4.90 Å². The molecule has 0 bridgehead atoms. The fourth-order valence-corrected chi connectivity index (χ4v) is 4.44. The molecule has 0 N–H and O–H groups in total. The molecule has 1 aromatic carbocycles. The van der Waals surface area contributed by atoms with Crippen LogP contribution in [0.4, 0.5) is 18.3 Å². The van der Waals surface area contributed by atoms with Gasteiger partial charge in [0.05, 0.1) is 17.9 Å². The van der Waals surface area contributed by atoms with Gasteiger partial charge < -0.3 is 4.74 Å². The van der Waals surface area contributed by atoms with E-state index in [-0.39, 0.29) is 18.2 Å². The third-order valence-electron chi connectivity index (χ3n) is 4.80. The van der Waals surface area contributed by atoms with Crippen molar-refractivity contribution in [2.24, 2.45) is 0 Å². The van der Waals surface area contributed by atoms with Crippen LogP contribution >= 0.6 is 11.3 Å². The zero-order valence-electron chi connectivity index (χ0n) is 16.1. The Morgan fingerprint density at radius 1 is 1.28 bits per heavy atom. The van der Waals surface area contributed by atoms with Crippen molar-refractivity contribution in [3.63, 3.8) is 0 Å². The van der Waals surface area contributed by atoms with Gasteiger partial charge in [-0.2, -0.15) is 13.2 Å². The van der Waals surface area contributed by atoms with Crippen molar-refractivity contribution >= 4 is 28.3 Å². The Morgan fingerprint density at radius 3 is 2.59 bits per heavy atom. The standard InChI is InChI=1S/C20H21F3N2O3S/c1-3-28-18(27)16-12(2)24-19(29-16)25(15-9-4-5-10-15)17(26)13-7-6-8-14(11-13)20(21,22)23/h6-8,11,15H,3-5,9-10H2,1-2H3. The van der Waals surface area contributed by atoms with Crippen molar-refractivity contribution in [1.82, 2.24) is 4.98 Å². The average Bonchev–Trinajstić information content (AvgIpc) is 3.32. The molecule has 1 aliphatic rings. The van der Waals surface area contributed by atoms with Crippen molar-refractivity contribution in [2.75, 3.05) is 11.5 Å². The van der Waals surface area contributed by atoms with E-state index in [2.05, 4.69) is 4.98 Å². The van der Waals surface area contributed by atoms with Gasteiger partial charge in [-0.1, -0.05) is 30.2 Å². The highest BCUT2D eigenvalue weighted by Gasteiger charge is 2.35. The Morgan fingerprint density at radius 2 is 1.97 bits per heavy atom. The lowest BCUT2D eigenvalue weighted by Gasteiger charge is -2.26. The Labute approximate surface area is 170 Å². The SMILES string of the molecule is CCOC(=O)c1sc(N(C(=O)c2cccc(C(F)(F)F)c2)C2CCCC2)nc1C. The highest BCUT2D eigenvalue weighted by molar-refractivity contribution is 7.17. The summed E-state index contributed by atoms with van der Waals surface area (Å²) >= 11 is 1.03. The number of nitrogens with zero attached hydrogens (tertiary/aromatic N) is 2. The lowest BCUT2D eigenvalue weighted by molar-refractivity contribution is -0.137. The van der Waals surface area contributed by atoms with E-state index in [0.717, 1.165) is 49.2 Å². The third kappa shape index (κ3) is 4.60. The number of halogens is 3. The molecule has 1 saturated carbocycles. The van der Waals surface area contributed by atoms with Crippen LogP contribution in [0.25, 0.3) is 0 Å². The third-order valence-corrected chi connectivity index (χ3v) is 5.93. The molecule has 2 aromatic rings. The summed E-state index contributed by atoms with van der Waals surface area (Å²) in [5.74, 6) is -1.07. The zero-order valence-corrected chi connectivity index (χ0v) is 16.9. The largest absolute Gasteiger partial charge is 0.462 e. The molecule has 29 heavy (non-hydrogen) atoms. The number of amides is 1. The minimum absolute atomic E-state index is 0.0581. The number of aromatic nitrogens is 1. The summed E-state index contributed by atoms with van der Waals surface area (Å²) in [4.78, 5) is 31.5. The van der Waals surface area contributed by atoms with E-state index < -0.39 is 23.6 Å². The fraction of sp³-hybridized carbons (Fsp3) is 0.450. The van der Waals surface area contributed by atoms with Gasteiger partial charge in [-0.25, -0.2) is 9.78 Å². The summed E-state index contributed by atoms with van der Waals surface area (Å²) in [7, 11) is 0. The predicted molar refractivity (Wildman–Crippen MR) is 103 cm³/mol. The number of hydrogen-bond acceptors (Lipinski definition) is 5. The molecule has 1 fully saturated rings. The van der Waals surface area contributed by atoms with E-state index in [1.165, 1.54) is 17.0 Å². The monoisotopic (exact) mass is 426 g/mol. The van der Waals surface area contributed by atoms with Gasteiger partial charge in [0.1, 0.15) is 4.88 Å². The molecule has 0 atom stereocenters. The number of carbonyl (C=O) groups excluding carboxylic acids is 2. The number of rotatable bonds is 5. The number of alkyl halides is 3. The van der Waals surface area contributed by atoms with Crippen molar-refractivity contribution in [3.8, 4) is 0 Å². The molecule has 0 spiro atoms. The molecule has 5 nitrogen and oxygen atoms in total. The second kappa shape index (κ2) is 8.52. The first-order chi connectivity index (χ1) is 13.7. The van der Waals surface area contributed by atoms with Crippen LogP contribution in [0.2, 0.25) is 0 Å². The fourth-order valence-electron chi connectivity index (χ4n) is 3.41. The first-order valence-corrected chi connectivity index (χ1v) is 10.2. The van der Waals surface area contributed by atoms with Crippen LogP contribution in [0.3, 0.4) is 0 Å². The molecule has 0 saturated heterocycles. The molecule has 3 rings (SSSR count). The van der Waals surface area contributed by atoms with Crippen molar-refractivity contribution < 1.29 is 27.5 Å². The first kappa shape index (κ1) is 21.3. The number of esters is 1. The van der Waals surface area contributed by atoms with Gasteiger partial charge in [-0.3, -0.25) is 9.69 Å². The van der Waals surface area contributed by atoms with E-state index in [1.807, 2.05) is 0 Å². The smallest absolute Gasteiger partial charge is 0.416 e. The number of hydrogen-bond donors (Lipinski definition) is 0. The van der Waals surface area contributed by atoms with Gasteiger partial charge in [0, 0.05) is 11.6 Å². The summed E-state index contributed by atoms with van der Waals surface area (Å²) < 4.78 is 44.3. The van der Waals surface area contributed by atoms with Crippen LogP contribution in [0, 0.1) is 6.92 Å². The molecule has 1 aliphatic carbocycles. The Hall–Kier alpha value is -2.42. The average molecular weight is 426 g/mol. The first-order valence-electron chi connectivity index (χ1n) is 9.37. The zero-order chi connectivity index (χ0) is 21.2. The number of benzene rings is 1. The van der Waals surface area contributed by atoms with Crippen molar-refractivity contribution in [1.29, 1.82) is 0 Å². The van der Waals surface area contributed by atoms with Crippen LogP contribution in [0.5, 0.6) is 0 Å². The summed E-state index contributed by atoms with van der Waals surface area (Å²) in [6.45, 7) is 3.55. The van der Waals surface area contributed by atoms with E-state index in [0.29, 0.717) is 15.7 Å². The second-order valence-electron chi connectivity index (χ2n) is 6.82. The summed E-state index contributed by atoms with van der Waals surface area (Å²) in [6.07, 6.45) is -1.22. The molecule has 1 aromatic heterocycles. The van der Waals surface area contributed by atoms with Crippen molar-refractivity contribution in [2.45, 2.75) is 51.7 Å². The summed E-state index contributed by atoms with van der Waals surface area (Å²) in [5.41, 5.74) is -0.502. The van der Waals surface area contributed by atoms with E-state index in [9.17, 15) is 22.8 Å². The number of thiazole rings is 1. The molecule has 0 aliphatic heterocycles. The molecular weight excluding hydrogens is 405 g/mol. The Kier molecular flexibility index (Phi) is 6.26. The van der Waals surface area contributed by atoms with Crippen LogP contribution in [-0.4, -0.2) is 29.5 Å². The number of aryl methyl sites for hydroxylation is 1. The number of ether oxygens (including phenoxy) is 1. The van der Waals surface area contributed by atoms with Gasteiger partial charge in [0.2, 0.25) is 0 Å². The number of carbonyl (C=O) groups is 2. The maximum absolute atomic E-state index is 13.2. The lowest BCUT2D eigenvalue weighted by atomic mass is 10.1. The van der Waals surface area contributed by atoms with Crippen LogP contribution in [-0.2, 0) is 10.9 Å². The molecule has 0 radical (unpaired) electrons. The summed E-state index contributed by atoms with van der Waals surface area (Å²) in [5, 5.41) is 0.305. The maximum atomic E-state index is 13.2. The van der Waals surface area contributed by atoms with Gasteiger partial charge in [-0.05, 0) is 44.9 Å². The van der Waals surface area contributed by atoms with Crippen LogP contribution in [0.15, 0.2) is 24.3 Å². The maximum Gasteiger partial charge on any atom is 0.416 e. The minimum Gasteiger partial charge on any atom is -0.462 e. The van der Waals surface area contributed by atoms with Gasteiger partial charge in [0.25, 0.3) is 5.91 Å². The Balaban J connectivity index is 2.00. The highest BCUT2D eigenvalue weighted by Crippen LogP contribution is 2.35. The highest BCUT2D eigenvalue weighted by atomic mass is 32.1. The lowest BCUT2D eigenvalue weighted by Crippen LogP contribution is -2.39. The quantitative estimate of drug-likeness (QED) is 0.614. The van der Waals surface area contributed by atoms with E-state index in [1.54, 1.807) is 13.8 Å². The van der Waals surface area contributed by atoms with Crippen LogP contribution in [0.1, 0.15) is 63.9 Å². The second-order valence-corrected chi connectivity index (χ2v) is 7.80. The van der Waals surface area contributed by atoms with Crippen molar-refractivity contribution in [3.05, 3.63) is 46.0 Å². The van der Waals surface area contributed by atoms with E-state index in [4.69, 9.17) is 4.74 Å². The molecule has 1 amide bonds. The Bertz CT molecular complexity index is 905. The van der Waals surface area contributed by atoms with Gasteiger partial charge in [-0.15, -0.1) is 0 Å². The van der Waals surface area contributed by atoms with Gasteiger partial charge in [0.15, 0.2) is 5.13 Å². The molecule has 9 heteroatoms. The minimum atomic E-state index is -4.54. The normalized spacial score (nSPS) is 14.8. The topological polar surface area (TPSA) is 59.5 Å². The molecule has 1 heterocycles. The molecule has 156 valence electrons. The predicted octanol–water partition coefficient (Wildman–Crippen LogP) is 5.24. The summed E-state index contributed by atoms with van der Waals surface area (Å²) in [6, 6.07) is 4.21. The van der Waals surface area contributed by atoms with Gasteiger partial charge >= 0.3 is 12.1 Å². The molecule has 0 unspecified atom stereocenters. The number of anilines is 1.